The molecule has 0 saturated carbocycles. The third-order valence-corrected chi connectivity index (χ3v) is 24.7. The van der Waals surface area contributed by atoms with E-state index in [9.17, 15) is 0 Å². The molecule has 60 valence electrons. The van der Waals surface area contributed by atoms with Crippen molar-refractivity contribution in [3.05, 3.63) is 0 Å². The minimum absolute atomic E-state index is 0.0607. The molecule has 1 rings (SSSR count). The molecule has 1 aliphatic rings. The van der Waals surface area contributed by atoms with E-state index in [-0.39, 0.29) is 17.6 Å². The molecule has 0 aromatic rings. The van der Waals surface area contributed by atoms with Gasteiger partial charge >= 0.3 is 0 Å². The SMILES string of the molecule is CCC(S)[SiH]1CCO[SiH2][SiH2]1. The van der Waals surface area contributed by atoms with Gasteiger partial charge in [-0.05, 0) is 17.3 Å². The molecule has 2 unspecified atom stereocenters. The molecule has 0 radical (unpaired) electrons. The summed E-state index contributed by atoms with van der Waals surface area (Å²) in [6, 6.07) is 1.45. The van der Waals surface area contributed by atoms with Crippen LogP contribution in [-0.2, 0) is 4.43 Å². The summed E-state index contributed by atoms with van der Waals surface area (Å²) in [6.07, 6.45) is 1.31. The molecule has 2 atom stereocenters. The molecular weight excluding hydrogens is 192 g/mol. The van der Waals surface area contributed by atoms with Gasteiger partial charge in [0, 0.05) is 23.5 Å². The molecular formula is C5H16OSSi3. The lowest BCUT2D eigenvalue weighted by atomic mass is 10.6. The van der Waals surface area contributed by atoms with Crippen LogP contribution in [0.4, 0.5) is 0 Å². The van der Waals surface area contributed by atoms with Crippen molar-refractivity contribution in [2.24, 2.45) is 0 Å². The monoisotopic (exact) mass is 208 g/mol. The summed E-state index contributed by atoms with van der Waals surface area (Å²) in [5, 5.41) is 0. The van der Waals surface area contributed by atoms with Gasteiger partial charge in [-0.2, -0.15) is 12.6 Å². The molecule has 0 aromatic heterocycles. The fourth-order valence-electron chi connectivity index (χ4n) is 1.43. The highest BCUT2D eigenvalue weighted by Crippen LogP contribution is 2.10. The fraction of sp³-hybridized carbons (Fsp3) is 1.00. The molecule has 0 N–H and O–H groups in total. The summed E-state index contributed by atoms with van der Waals surface area (Å²) in [6.45, 7) is 3.38. The Morgan fingerprint density at radius 2 is 2.60 bits per heavy atom. The van der Waals surface area contributed by atoms with Crippen LogP contribution in [0, 0.1) is 0 Å². The van der Waals surface area contributed by atoms with Crippen LogP contribution in [0.5, 0.6) is 0 Å². The maximum Gasteiger partial charge on any atom is 0.140 e. The minimum atomic E-state index is -0.280. The largest absolute Gasteiger partial charge is 0.428 e. The Morgan fingerprint density at radius 3 is 3.10 bits per heavy atom. The lowest BCUT2D eigenvalue weighted by Crippen LogP contribution is -2.42. The molecule has 0 aromatic carbocycles. The van der Waals surface area contributed by atoms with Crippen LogP contribution in [0.3, 0.4) is 0 Å². The standard InChI is InChI=1S/C5H16OSSi3/c1-2-5(7)10-4-3-6-8-9-10/h5,7,10H,2-4,8-9H2,1H3. The summed E-state index contributed by atoms with van der Waals surface area (Å²) < 4.78 is 5.50. The zero-order chi connectivity index (χ0) is 7.40. The number of hydrogen-bond acceptors (Lipinski definition) is 2. The van der Waals surface area contributed by atoms with Gasteiger partial charge in [0.1, 0.15) is 9.28 Å². The molecule has 0 aliphatic carbocycles. The maximum atomic E-state index is 5.50. The molecule has 0 bridgehead atoms. The van der Waals surface area contributed by atoms with Crippen molar-refractivity contribution in [3.8, 4) is 0 Å². The van der Waals surface area contributed by atoms with Crippen LogP contribution in [-0.4, -0.2) is 37.6 Å². The van der Waals surface area contributed by atoms with E-state index in [1.807, 2.05) is 0 Å². The van der Waals surface area contributed by atoms with Gasteiger partial charge in [-0.25, -0.2) is 0 Å². The molecule has 1 aliphatic heterocycles. The number of thiol groups is 1. The quantitative estimate of drug-likeness (QED) is 0.460. The first-order valence-corrected chi connectivity index (χ1v) is 13.9. The van der Waals surface area contributed by atoms with Crippen LogP contribution in [0.15, 0.2) is 0 Å². The predicted molar refractivity (Wildman–Crippen MR) is 58.1 cm³/mol. The Hall–Kier alpha value is 0.961. The van der Waals surface area contributed by atoms with Crippen LogP contribution >= 0.6 is 12.6 Å². The van der Waals surface area contributed by atoms with Gasteiger partial charge in [-0.1, -0.05) is 6.92 Å². The minimum Gasteiger partial charge on any atom is -0.428 e. The van der Waals surface area contributed by atoms with Crippen molar-refractivity contribution in [2.45, 2.75) is 24.3 Å². The van der Waals surface area contributed by atoms with E-state index in [0.717, 1.165) is 11.5 Å². The highest BCUT2D eigenvalue weighted by atomic mass is 32.1. The van der Waals surface area contributed by atoms with E-state index >= 15 is 0 Å². The normalized spacial score (nSPS) is 34.8. The Labute approximate surface area is 74.3 Å². The Bertz CT molecular complexity index is 96.9. The van der Waals surface area contributed by atoms with Crippen LogP contribution < -0.4 is 0 Å². The Balaban J connectivity index is 2.24. The van der Waals surface area contributed by atoms with E-state index in [2.05, 4.69) is 19.6 Å². The lowest BCUT2D eigenvalue weighted by Gasteiger charge is -2.24. The summed E-state index contributed by atoms with van der Waals surface area (Å²) in [4.78, 5) is 0.836. The molecule has 1 fully saturated rings. The molecule has 1 heterocycles. The van der Waals surface area contributed by atoms with E-state index < -0.39 is 0 Å². The van der Waals surface area contributed by atoms with E-state index in [1.165, 1.54) is 12.5 Å². The van der Waals surface area contributed by atoms with Crippen molar-refractivity contribution < 1.29 is 4.43 Å². The average Bonchev–Trinajstić information content (AvgIpc) is 2.05. The molecule has 10 heavy (non-hydrogen) atoms. The summed E-state index contributed by atoms with van der Waals surface area (Å²) in [7, 11) is 0.123. The zero-order valence-corrected chi connectivity index (χ0v) is 11.4. The molecule has 0 spiro atoms. The van der Waals surface area contributed by atoms with Crippen molar-refractivity contribution in [1.82, 2.24) is 0 Å². The molecule has 5 heteroatoms. The van der Waals surface area contributed by atoms with E-state index in [1.54, 1.807) is 0 Å². The predicted octanol–water partition coefficient (Wildman–Crippen LogP) is -0.844. The first-order chi connectivity index (χ1) is 4.84. The van der Waals surface area contributed by atoms with Crippen LogP contribution in [0.25, 0.3) is 0 Å². The first-order valence-electron chi connectivity index (χ1n) is 4.10. The van der Waals surface area contributed by atoms with Crippen molar-refractivity contribution in [2.75, 3.05) is 6.61 Å². The van der Waals surface area contributed by atoms with Crippen LogP contribution in [0.1, 0.15) is 13.3 Å². The van der Waals surface area contributed by atoms with Gasteiger partial charge in [0.25, 0.3) is 0 Å². The van der Waals surface area contributed by atoms with E-state index in [0.29, 0.717) is 8.55 Å². The van der Waals surface area contributed by atoms with Gasteiger partial charge in [0.05, 0.1) is 0 Å². The second kappa shape index (κ2) is 4.76. The van der Waals surface area contributed by atoms with Gasteiger partial charge < -0.3 is 4.43 Å². The highest BCUT2D eigenvalue weighted by molar-refractivity contribution is 7.84. The Morgan fingerprint density at radius 1 is 1.80 bits per heavy atom. The lowest BCUT2D eigenvalue weighted by molar-refractivity contribution is 0.366. The van der Waals surface area contributed by atoms with Crippen LogP contribution in [0.2, 0.25) is 6.04 Å². The second-order valence-corrected chi connectivity index (χ2v) is 19.7. The summed E-state index contributed by atoms with van der Waals surface area (Å²) in [5.74, 6) is 0. The van der Waals surface area contributed by atoms with Crippen molar-refractivity contribution in [3.63, 3.8) is 0 Å². The van der Waals surface area contributed by atoms with E-state index in [4.69, 9.17) is 4.43 Å². The van der Waals surface area contributed by atoms with Crippen molar-refractivity contribution in [1.29, 1.82) is 0 Å². The third-order valence-electron chi connectivity index (χ3n) is 2.23. The molecule has 0 amide bonds. The highest BCUT2D eigenvalue weighted by Gasteiger charge is 2.21. The zero-order valence-electron chi connectivity index (χ0n) is 6.55. The molecule has 1 nitrogen and oxygen atoms in total. The topological polar surface area (TPSA) is 9.23 Å². The van der Waals surface area contributed by atoms with Gasteiger partial charge in [0.15, 0.2) is 0 Å². The molecule has 1 saturated heterocycles. The van der Waals surface area contributed by atoms with Crippen molar-refractivity contribution >= 4 is 38.8 Å². The number of hydrogen-bond donors (Lipinski definition) is 1. The second-order valence-electron chi connectivity index (χ2n) is 2.93. The smallest absolute Gasteiger partial charge is 0.140 e. The average molecular weight is 209 g/mol. The Kier molecular flexibility index (Phi) is 4.31. The third kappa shape index (κ3) is 2.54. The van der Waals surface area contributed by atoms with Gasteiger partial charge in [-0.3, -0.25) is 0 Å². The maximum absolute atomic E-state index is 5.50. The van der Waals surface area contributed by atoms with Gasteiger partial charge in [0.2, 0.25) is 0 Å². The fourth-order valence-corrected chi connectivity index (χ4v) is 25.1. The van der Waals surface area contributed by atoms with Gasteiger partial charge in [-0.15, -0.1) is 0 Å². The first kappa shape index (κ1) is 9.05. The summed E-state index contributed by atoms with van der Waals surface area (Å²) >= 11 is 4.64. The summed E-state index contributed by atoms with van der Waals surface area (Å²) in [5.41, 5.74) is 0. The number of rotatable bonds is 2.